The molecule has 4 heteroatoms. The average molecular weight is 336 g/mol. The zero-order valence-corrected chi connectivity index (χ0v) is 13.6. The zero-order valence-electron chi connectivity index (χ0n) is 12.0. The van der Waals surface area contributed by atoms with Gasteiger partial charge in [0.2, 0.25) is 0 Å². The Morgan fingerprint density at radius 1 is 1.40 bits per heavy atom. The number of nitrogens with zero attached hydrogens (tertiary/aromatic N) is 1. The summed E-state index contributed by atoms with van der Waals surface area (Å²) in [6.45, 7) is 3.85. The molecule has 0 spiro atoms. The molecule has 2 rings (SSSR count). The lowest BCUT2D eigenvalue weighted by Gasteiger charge is -2.23. The molecule has 1 aromatic rings. The van der Waals surface area contributed by atoms with Crippen LogP contribution >= 0.6 is 15.9 Å². The van der Waals surface area contributed by atoms with Crippen LogP contribution in [0.1, 0.15) is 32.3 Å². The first-order chi connectivity index (χ1) is 9.34. The number of carbonyl (C=O) groups excluding carboxylic acids is 1. The van der Waals surface area contributed by atoms with Gasteiger partial charge < -0.3 is 4.74 Å². The minimum Gasteiger partial charge on any atom is -0.496 e. The fourth-order valence-electron chi connectivity index (χ4n) is 2.93. The molecule has 1 atom stereocenters. The predicted octanol–water partition coefficient (Wildman–Crippen LogP) is 3.90. The van der Waals surface area contributed by atoms with Gasteiger partial charge in [-0.25, -0.2) is 0 Å². The number of carbonyl (C=O) groups is 1. The Balaban J connectivity index is 2.40. The first-order valence-electron chi connectivity index (χ1n) is 6.63. The average Bonchev–Trinajstić information content (AvgIpc) is 2.64. The number of Topliss-reactive ketones (excluding diaryl/α,β-unsaturated/α-hetero) is 1. The van der Waals surface area contributed by atoms with E-state index in [4.69, 9.17) is 4.74 Å². The Morgan fingerprint density at radius 2 is 2.10 bits per heavy atom. The molecule has 0 saturated heterocycles. The molecule has 0 bridgehead atoms. The maximum atomic E-state index is 12.6. The Hall–Kier alpha value is -1.34. The minimum atomic E-state index is -0.919. The second kappa shape index (κ2) is 5.21. The normalized spacial score (nSPS) is 24.4. The first kappa shape index (κ1) is 15.1. The fraction of sp³-hybridized carbons (Fsp3) is 0.500. The summed E-state index contributed by atoms with van der Waals surface area (Å²) in [6, 6.07) is 7.96. The molecule has 0 N–H and O–H groups in total. The van der Waals surface area contributed by atoms with Crippen LogP contribution in [-0.2, 0) is 11.2 Å². The van der Waals surface area contributed by atoms with Crippen molar-refractivity contribution in [2.75, 3.05) is 7.11 Å². The maximum Gasteiger partial charge on any atom is 0.158 e. The summed E-state index contributed by atoms with van der Waals surface area (Å²) in [4.78, 5) is 12.6. The molecule has 0 aliphatic heterocycles. The fourth-order valence-corrected chi connectivity index (χ4v) is 3.33. The third kappa shape index (κ3) is 2.47. The molecule has 3 nitrogen and oxygen atoms in total. The van der Waals surface area contributed by atoms with Gasteiger partial charge in [0.05, 0.1) is 13.2 Å². The lowest BCUT2D eigenvalue weighted by atomic mass is 9.77. The highest BCUT2D eigenvalue weighted by Crippen LogP contribution is 2.48. The molecule has 0 radical (unpaired) electrons. The van der Waals surface area contributed by atoms with Crippen LogP contribution in [0.15, 0.2) is 22.7 Å². The van der Waals surface area contributed by atoms with E-state index in [1.165, 1.54) is 0 Å². The Morgan fingerprint density at radius 3 is 2.60 bits per heavy atom. The highest BCUT2D eigenvalue weighted by atomic mass is 79.9. The van der Waals surface area contributed by atoms with Gasteiger partial charge in [-0.3, -0.25) is 4.79 Å². The number of hydrogen-bond donors (Lipinski definition) is 0. The number of nitriles is 1. The van der Waals surface area contributed by atoms with E-state index >= 15 is 0 Å². The molecule has 0 heterocycles. The topological polar surface area (TPSA) is 50.1 Å². The van der Waals surface area contributed by atoms with E-state index in [-0.39, 0.29) is 5.78 Å². The number of ether oxygens (including phenoxy) is 1. The standard InChI is InChI=1S/C16H18BrNO2/c1-15(2)6-7-16(10-18,14(15)19)9-11-8-12(17)4-5-13(11)20-3/h4-5,8H,6-7,9H2,1-3H3. The van der Waals surface area contributed by atoms with Crippen molar-refractivity contribution in [3.8, 4) is 11.8 Å². The summed E-state index contributed by atoms with van der Waals surface area (Å²) in [5.74, 6) is 0.773. The van der Waals surface area contributed by atoms with Crippen molar-refractivity contribution in [2.24, 2.45) is 10.8 Å². The maximum absolute atomic E-state index is 12.6. The van der Waals surface area contributed by atoms with Crippen molar-refractivity contribution in [3.05, 3.63) is 28.2 Å². The molecule has 1 aliphatic rings. The highest BCUT2D eigenvalue weighted by molar-refractivity contribution is 9.10. The quantitative estimate of drug-likeness (QED) is 0.841. The van der Waals surface area contributed by atoms with Crippen LogP contribution < -0.4 is 4.74 Å². The molecule has 1 aromatic carbocycles. The van der Waals surface area contributed by atoms with Crippen molar-refractivity contribution < 1.29 is 9.53 Å². The Kier molecular flexibility index (Phi) is 3.93. The van der Waals surface area contributed by atoms with Gasteiger partial charge in [-0.2, -0.15) is 5.26 Å². The van der Waals surface area contributed by atoms with E-state index in [0.29, 0.717) is 12.8 Å². The van der Waals surface area contributed by atoms with Crippen LogP contribution in [0.5, 0.6) is 5.75 Å². The summed E-state index contributed by atoms with van der Waals surface area (Å²) < 4.78 is 6.27. The summed E-state index contributed by atoms with van der Waals surface area (Å²) in [5, 5.41) is 9.59. The lowest BCUT2D eigenvalue weighted by molar-refractivity contribution is -0.130. The van der Waals surface area contributed by atoms with Gasteiger partial charge in [0.15, 0.2) is 5.78 Å². The molecular formula is C16H18BrNO2. The van der Waals surface area contributed by atoms with E-state index < -0.39 is 10.8 Å². The van der Waals surface area contributed by atoms with Crippen molar-refractivity contribution in [1.29, 1.82) is 5.26 Å². The summed E-state index contributed by atoms with van der Waals surface area (Å²) >= 11 is 3.43. The molecule has 1 unspecified atom stereocenters. The number of rotatable bonds is 3. The van der Waals surface area contributed by atoms with Gasteiger partial charge in [-0.1, -0.05) is 29.8 Å². The molecule has 20 heavy (non-hydrogen) atoms. The summed E-state index contributed by atoms with van der Waals surface area (Å²) in [7, 11) is 1.60. The van der Waals surface area contributed by atoms with E-state index in [1.54, 1.807) is 7.11 Å². The molecule has 1 aliphatic carbocycles. The molecule has 0 aromatic heterocycles. The molecule has 0 amide bonds. The van der Waals surface area contributed by atoms with Crippen LogP contribution in [-0.4, -0.2) is 12.9 Å². The van der Waals surface area contributed by atoms with Crippen molar-refractivity contribution in [2.45, 2.75) is 33.1 Å². The van der Waals surface area contributed by atoms with Crippen LogP contribution in [0.25, 0.3) is 0 Å². The number of halogens is 1. The minimum absolute atomic E-state index is 0.0505. The Labute approximate surface area is 128 Å². The summed E-state index contributed by atoms with van der Waals surface area (Å²) in [6.07, 6.45) is 1.79. The monoisotopic (exact) mass is 335 g/mol. The van der Waals surface area contributed by atoms with Gasteiger partial charge >= 0.3 is 0 Å². The van der Waals surface area contributed by atoms with Crippen LogP contribution in [0, 0.1) is 22.2 Å². The molecule has 1 saturated carbocycles. The second-order valence-corrected chi connectivity index (χ2v) is 6.96. The lowest BCUT2D eigenvalue weighted by Crippen LogP contribution is -2.33. The number of ketones is 1. The van der Waals surface area contributed by atoms with Gasteiger partial charge in [-0.05, 0) is 36.6 Å². The zero-order chi connectivity index (χ0) is 15.0. The van der Waals surface area contributed by atoms with E-state index in [0.717, 1.165) is 22.2 Å². The van der Waals surface area contributed by atoms with Gasteiger partial charge in [0.25, 0.3) is 0 Å². The largest absolute Gasteiger partial charge is 0.496 e. The van der Waals surface area contributed by atoms with Gasteiger partial charge in [0.1, 0.15) is 11.2 Å². The van der Waals surface area contributed by atoms with Crippen molar-refractivity contribution in [3.63, 3.8) is 0 Å². The molecular weight excluding hydrogens is 318 g/mol. The third-order valence-electron chi connectivity index (χ3n) is 4.17. The number of methoxy groups -OCH3 is 1. The third-order valence-corrected chi connectivity index (χ3v) is 4.67. The second-order valence-electron chi connectivity index (χ2n) is 6.04. The predicted molar refractivity (Wildman–Crippen MR) is 80.5 cm³/mol. The van der Waals surface area contributed by atoms with Crippen LogP contribution in [0.4, 0.5) is 0 Å². The number of benzene rings is 1. The smallest absolute Gasteiger partial charge is 0.158 e. The van der Waals surface area contributed by atoms with Gasteiger partial charge in [0, 0.05) is 16.3 Å². The van der Waals surface area contributed by atoms with E-state index in [2.05, 4.69) is 22.0 Å². The Bertz CT molecular complexity index is 589. The van der Waals surface area contributed by atoms with Crippen molar-refractivity contribution in [1.82, 2.24) is 0 Å². The molecule has 106 valence electrons. The van der Waals surface area contributed by atoms with Crippen molar-refractivity contribution >= 4 is 21.7 Å². The molecule has 1 fully saturated rings. The van der Waals surface area contributed by atoms with Crippen LogP contribution in [0.2, 0.25) is 0 Å². The SMILES string of the molecule is COc1ccc(Br)cc1CC1(C#N)CCC(C)(C)C1=O. The van der Waals surface area contributed by atoms with Crippen LogP contribution in [0.3, 0.4) is 0 Å². The highest BCUT2D eigenvalue weighted by Gasteiger charge is 2.52. The summed E-state index contributed by atoms with van der Waals surface area (Å²) in [5.41, 5.74) is -0.429. The van der Waals surface area contributed by atoms with Gasteiger partial charge in [-0.15, -0.1) is 0 Å². The van der Waals surface area contributed by atoms with E-state index in [1.807, 2.05) is 32.0 Å². The van der Waals surface area contributed by atoms with E-state index in [9.17, 15) is 10.1 Å². The first-order valence-corrected chi connectivity index (χ1v) is 7.42. The number of hydrogen-bond acceptors (Lipinski definition) is 3.